The van der Waals surface area contributed by atoms with Crippen molar-refractivity contribution >= 4 is 35.4 Å². The van der Waals surface area contributed by atoms with E-state index in [9.17, 15) is 14.3 Å². The molecule has 0 bridgehead atoms. The molecule has 0 saturated carbocycles. The molecule has 2 heterocycles. The van der Waals surface area contributed by atoms with Gasteiger partial charge in [0.05, 0.1) is 19.2 Å². The van der Waals surface area contributed by atoms with Crippen molar-refractivity contribution in [2.24, 2.45) is 0 Å². The number of aryl methyl sites for hydroxylation is 1. The predicted octanol–water partition coefficient (Wildman–Crippen LogP) is 6.17. The Bertz CT molecular complexity index is 1460. The Morgan fingerprint density at radius 3 is 2.42 bits per heavy atom. The van der Waals surface area contributed by atoms with Gasteiger partial charge in [-0.1, -0.05) is 11.6 Å². The van der Waals surface area contributed by atoms with Gasteiger partial charge in [0, 0.05) is 28.7 Å². The molecule has 0 aliphatic rings. The Balaban J connectivity index is 1.65. The molecule has 0 aliphatic carbocycles. The Morgan fingerprint density at radius 2 is 1.81 bits per heavy atom. The summed E-state index contributed by atoms with van der Waals surface area (Å²) in [5.41, 5.74) is 3.46. The minimum absolute atomic E-state index is 0.000253. The fourth-order valence-electron chi connectivity index (χ4n) is 3.62. The maximum Gasteiger partial charge on any atom is 0.342 e. The zero-order valence-electron chi connectivity index (χ0n) is 19.7. The number of ether oxygens (including phenoxy) is 2. The van der Waals surface area contributed by atoms with E-state index in [1.165, 1.54) is 32.4 Å². The van der Waals surface area contributed by atoms with Gasteiger partial charge in [-0.15, -0.1) is 10.2 Å². The number of benzene rings is 2. The summed E-state index contributed by atoms with van der Waals surface area (Å²) in [5.74, 6) is -0.400. The molecular formula is C25H21ClFN3O5S. The first-order valence-corrected chi connectivity index (χ1v) is 11.7. The SMILES string of the molecule is COc1cc(OC)cc(-c2nnc(S/C(=C\c3cc(C)n(-c4ccc(F)c(Cl)c4)c3C)C(=O)O)o2)c1. The summed E-state index contributed by atoms with van der Waals surface area (Å²) in [4.78, 5) is 12.0. The van der Waals surface area contributed by atoms with E-state index in [1.54, 1.807) is 24.3 Å². The first-order valence-electron chi connectivity index (χ1n) is 10.5. The lowest BCUT2D eigenvalue weighted by molar-refractivity contribution is -0.131. The number of rotatable bonds is 8. The highest BCUT2D eigenvalue weighted by Gasteiger charge is 2.19. The van der Waals surface area contributed by atoms with E-state index >= 15 is 0 Å². The summed E-state index contributed by atoms with van der Waals surface area (Å²) in [6.07, 6.45) is 1.52. The van der Waals surface area contributed by atoms with Crippen molar-refractivity contribution in [1.82, 2.24) is 14.8 Å². The second-order valence-electron chi connectivity index (χ2n) is 7.65. The molecule has 0 atom stereocenters. The van der Waals surface area contributed by atoms with Crippen molar-refractivity contribution in [2.75, 3.05) is 14.2 Å². The standard InChI is InChI=1S/C25H21ClFN3O5S/c1-13-7-15(14(2)30(13)17-5-6-21(27)20(26)11-17)10-22(24(31)32)36-25-29-28-23(35-25)16-8-18(33-3)12-19(9-16)34-4/h5-12H,1-4H3,(H,31,32)/b22-10-. The number of carboxylic acids is 1. The molecular weight excluding hydrogens is 509 g/mol. The van der Waals surface area contributed by atoms with Crippen molar-refractivity contribution in [1.29, 1.82) is 0 Å². The third-order valence-electron chi connectivity index (χ3n) is 5.33. The third kappa shape index (κ3) is 5.24. The summed E-state index contributed by atoms with van der Waals surface area (Å²) in [6, 6.07) is 11.4. The minimum Gasteiger partial charge on any atom is -0.497 e. The van der Waals surface area contributed by atoms with Crippen molar-refractivity contribution in [3.05, 3.63) is 75.2 Å². The van der Waals surface area contributed by atoms with Gasteiger partial charge in [-0.05, 0) is 73.6 Å². The van der Waals surface area contributed by atoms with Crippen LogP contribution in [0.15, 0.2) is 57.0 Å². The average molecular weight is 530 g/mol. The molecule has 0 radical (unpaired) electrons. The Labute approximate surface area is 215 Å². The Kier molecular flexibility index (Phi) is 7.37. The Hall–Kier alpha value is -3.76. The second kappa shape index (κ2) is 10.5. The molecule has 0 aliphatic heterocycles. The van der Waals surface area contributed by atoms with E-state index in [0.717, 1.165) is 23.1 Å². The molecule has 8 nitrogen and oxygen atoms in total. The van der Waals surface area contributed by atoms with Gasteiger partial charge in [-0.25, -0.2) is 9.18 Å². The van der Waals surface area contributed by atoms with Gasteiger partial charge in [0.15, 0.2) is 0 Å². The van der Waals surface area contributed by atoms with Gasteiger partial charge >= 0.3 is 5.97 Å². The summed E-state index contributed by atoms with van der Waals surface area (Å²) < 4.78 is 31.7. The lowest BCUT2D eigenvalue weighted by Gasteiger charge is -2.10. The van der Waals surface area contributed by atoms with Gasteiger partial charge < -0.3 is 23.6 Å². The van der Waals surface area contributed by atoms with Crippen LogP contribution in [-0.2, 0) is 4.79 Å². The zero-order valence-corrected chi connectivity index (χ0v) is 21.3. The highest BCUT2D eigenvalue weighted by Crippen LogP contribution is 2.34. The number of carboxylic acid groups (broad SMARTS) is 1. The van der Waals surface area contributed by atoms with E-state index in [-0.39, 0.29) is 21.0 Å². The molecule has 2 aromatic carbocycles. The number of halogens is 2. The average Bonchev–Trinajstić information content (AvgIpc) is 3.44. The van der Waals surface area contributed by atoms with Gasteiger partial charge in [-0.3, -0.25) is 0 Å². The molecule has 0 saturated heterocycles. The largest absolute Gasteiger partial charge is 0.497 e. The van der Waals surface area contributed by atoms with Crippen LogP contribution in [0.3, 0.4) is 0 Å². The molecule has 0 fully saturated rings. The van der Waals surface area contributed by atoms with E-state index in [4.69, 9.17) is 25.5 Å². The number of thioether (sulfide) groups is 1. The topological polar surface area (TPSA) is 99.6 Å². The summed E-state index contributed by atoms with van der Waals surface area (Å²) in [5, 5.41) is 17.9. The summed E-state index contributed by atoms with van der Waals surface area (Å²) in [6.45, 7) is 3.70. The third-order valence-corrected chi connectivity index (χ3v) is 6.47. The number of carbonyl (C=O) groups is 1. The van der Waals surface area contributed by atoms with Crippen LogP contribution in [0, 0.1) is 19.7 Å². The normalized spacial score (nSPS) is 11.6. The molecule has 186 valence electrons. The van der Waals surface area contributed by atoms with Gasteiger partial charge in [0.1, 0.15) is 22.2 Å². The molecule has 0 amide bonds. The first kappa shape index (κ1) is 25.3. The Morgan fingerprint density at radius 1 is 1.11 bits per heavy atom. The highest BCUT2D eigenvalue weighted by atomic mass is 35.5. The molecule has 36 heavy (non-hydrogen) atoms. The lowest BCUT2D eigenvalue weighted by Crippen LogP contribution is -2.00. The molecule has 0 unspecified atom stereocenters. The van der Waals surface area contributed by atoms with Crippen LogP contribution in [0.4, 0.5) is 4.39 Å². The van der Waals surface area contributed by atoms with E-state index < -0.39 is 11.8 Å². The fraction of sp³-hybridized carbons (Fsp3) is 0.160. The smallest absolute Gasteiger partial charge is 0.342 e. The quantitative estimate of drug-likeness (QED) is 0.213. The maximum absolute atomic E-state index is 13.6. The van der Waals surface area contributed by atoms with Gasteiger partial charge in [0.25, 0.3) is 5.22 Å². The maximum atomic E-state index is 13.6. The molecule has 4 rings (SSSR count). The van der Waals surface area contributed by atoms with Crippen LogP contribution in [0.25, 0.3) is 23.2 Å². The first-order chi connectivity index (χ1) is 17.2. The van der Waals surface area contributed by atoms with Crippen molar-refractivity contribution in [3.8, 4) is 28.6 Å². The van der Waals surface area contributed by atoms with Crippen LogP contribution < -0.4 is 9.47 Å². The minimum atomic E-state index is -1.16. The van der Waals surface area contributed by atoms with E-state index in [2.05, 4.69) is 10.2 Å². The summed E-state index contributed by atoms with van der Waals surface area (Å²) in [7, 11) is 3.05. The monoisotopic (exact) mass is 529 g/mol. The van der Waals surface area contributed by atoms with Crippen LogP contribution in [0.1, 0.15) is 17.0 Å². The van der Waals surface area contributed by atoms with Crippen molar-refractivity contribution in [2.45, 2.75) is 19.1 Å². The van der Waals surface area contributed by atoms with Crippen LogP contribution in [-0.4, -0.2) is 40.1 Å². The van der Waals surface area contributed by atoms with Crippen LogP contribution in [0.5, 0.6) is 11.5 Å². The van der Waals surface area contributed by atoms with Crippen molar-refractivity contribution in [3.63, 3.8) is 0 Å². The second-order valence-corrected chi connectivity index (χ2v) is 9.05. The van der Waals surface area contributed by atoms with E-state index in [0.29, 0.717) is 28.3 Å². The highest BCUT2D eigenvalue weighted by molar-refractivity contribution is 8.03. The predicted molar refractivity (Wildman–Crippen MR) is 135 cm³/mol. The number of hydrogen-bond donors (Lipinski definition) is 1. The molecule has 4 aromatic rings. The zero-order chi connectivity index (χ0) is 26.0. The number of aromatic nitrogens is 3. The number of hydrogen-bond acceptors (Lipinski definition) is 7. The van der Waals surface area contributed by atoms with Crippen LogP contribution >= 0.6 is 23.4 Å². The molecule has 1 N–H and O–H groups in total. The number of nitrogens with zero attached hydrogens (tertiary/aromatic N) is 3. The molecule has 2 aromatic heterocycles. The number of aliphatic carboxylic acids is 1. The van der Waals surface area contributed by atoms with Crippen molar-refractivity contribution < 1.29 is 28.2 Å². The van der Waals surface area contributed by atoms with Gasteiger partial charge in [0.2, 0.25) is 5.89 Å². The number of methoxy groups -OCH3 is 2. The van der Waals surface area contributed by atoms with Gasteiger partial charge in [-0.2, -0.15) is 0 Å². The lowest BCUT2D eigenvalue weighted by atomic mass is 10.2. The van der Waals surface area contributed by atoms with Crippen LogP contribution in [0.2, 0.25) is 5.02 Å². The molecule has 0 spiro atoms. The summed E-state index contributed by atoms with van der Waals surface area (Å²) >= 11 is 6.78. The molecule has 11 heteroatoms. The van der Waals surface area contributed by atoms with E-state index in [1.807, 2.05) is 24.5 Å². The fourth-order valence-corrected chi connectivity index (χ4v) is 4.46.